The van der Waals surface area contributed by atoms with Crippen molar-refractivity contribution in [2.75, 3.05) is 13.6 Å². The first-order valence-electron chi connectivity index (χ1n) is 7.82. The van der Waals surface area contributed by atoms with Gasteiger partial charge in [-0.05, 0) is 48.4 Å². The number of carbonyl (C=O) groups excluding carboxylic acids is 1. The van der Waals surface area contributed by atoms with E-state index in [2.05, 4.69) is 0 Å². The predicted octanol–water partition coefficient (Wildman–Crippen LogP) is 3.17. The first-order valence-corrected chi connectivity index (χ1v) is 8.70. The van der Waals surface area contributed by atoms with E-state index < -0.39 is 6.10 Å². The number of carbonyl (C=O) groups is 1. The molecule has 2 aromatic rings. The standard InChI is InChI=1S/C18H21NO3S/c1-19(11-17(20)13-7-8-13)18(21)14-4-2-5-15(10-14)22-12-16-6-3-9-23-16/h2-6,9-10,13,17,20H,7-8,11-12H2,1H3. The summed E-state index contributed by atoms with van der Waals surface area (Å²) in [5, 5.41) is 12.0. The van der Waals surface area contributed by atoms with Gasteiger partial charge in [-0.1, -0.05) is 12.1 Å². The molecule has 1 unspecified atom stereocenters. The summed E-state index contributed by atoms with van der Waals surface area (Å²) in [7, 11) is 1.73. The van der Waals surface area contributed by atoms with Gasteiger partial charge in [-0.15, -0.1) is 11.3 Å². The summed E-state index contributed by atoms with van der Waals surface area (Å²) in [6, 6.07) is 11.2. The Morgan fingerprint density at radius 3 is 2.91 bits per heavy atom. The second-order valence-corrected chi connectivity index (χ2v) is 7.02. The molecule has 1 aliphatic carbocycles. The largest absolute Gasteiger partial charge is 0.488 e. The van der Waals surface area contributed by atoms with Gasteiger partial charge < -0.3 is 14.7 Å². The van der Waals surface area contributed by atoms with Gasteiger partial charge in [0.1, 0.15) is 12.4 Å². The molecule has 0 saturated heterocycles. The van der Waals surface area contributed by atoms with E-state index in [1.165, 1.54) is 0 Å². The van der Waals surface area contributed by atoms with Gasteiger partial charge in [0.15, 0.2) is 0 Å². The van der Waals surface area contributed by atoms with Crippen molar-refractivity contribution >= 4 is 17.2 Å². The van der Waals surface area contributed by atoms with Gasteiger partial charge in [0.25, 0.3) is 5.91 Å². The van der Waals surface area contributed by atoms with Crippen LogP contribution in [0.3, 0.4) is 0 Å². The van der Waals surface area contributed by atoms with Crippen molar-refractivity contribution in [1.82, 2.24) is 4.90 Å². The van der Waals surface area contributed by atoms with E-state index in [4.69, 9.17) is 4.74 Å². The summed E-state index contributed by atoms with van der Waals surface area (Å²) in [5.41, 5.74) is 0.583. The van der Waals surface area contributed by atoms with Gasteiger partial charge in [0, 0.05) is 24.0 Å². The van der Waals surface area contributed by atoms with Crippen molar-refractivity contribution in [2.45, 2.75) is 25.6 Å². The fourth-order valence-corrected chi connectivity index (χ4v) is 3.10. The minimum atomic E-state index is -0.415. The number of nitrogens with zero attached hydrogens (tertiary/aromatic N) is 1. The summed E-state index contributed by atoms with van der Waals surface area (Å²) in [6.07, 6.45) is 1.71. The fraction of sp³-hybridized carbons (Fsp3) is 0.389. The molecule has 1 amide bonds. The van der Waals surface area contributed by atoms with Gasteiger partial charge in [-0.3, -0.25) is 4.79 Å². The molecule has 1 heterocycles. The quantitative estimate of drug-likeness (QED) is 0.848. The minimum absolute atomic E-state index is 0.0914. The number of aliphatic hydroxyl groups is 1. The Hall–Kier alpha value is -1.85. The van der Waals surface area contributed by atoms with Crippen LogP contribution in [0.25, 0.3) is 0 Å². The zero-order chi connectivity index (χ0) is 16.2. The molecule has 0 radical (unpaired) electrons. The van der Waals surface area contributed by atoms with E-state index in [1.807, 2.05) is 29.6 Å². The summed E-state index contributed by atoms with van der Waals surface area (Å²) in [6.45, 7) is 0.884. The molecule has 1 atom stereocenters. The zero-order valence-electron chi connectivity index (χ0n) is 13.1. The lowest BCUT2D eigenvalue weighted by atomic mass is 10.1. The first-order chi connectivity index (χ1) is 11.1. The van der Waals surface area contributed by atoms with Crippen LogP contribution in [0.4, 0.5) is 0 Å². The van der Waals surface area contributed by atoms with Crippen LogP contribution in [0.2, 0.25) is 0 Å². The highest BCUT2D eigenvalue weighted by molar-refractivity contribution is 7.09. The van der Waals surface area contributed by atoms with Crippen molar-refractivity contribution in [3.8, 4) is 5.75 Å². The molecular weight excluding hydrogens is 310 g/mol. The highest BCUT2D eigenvalue weighted by Crippen LogP contribution is 2.32. The third-order valence-corrected chi connectivity index (χ3v) is 4.87. The molecule has 0 spiro atoms. The van der Waals surface area contributed by atoms with Crippen LogP contribution in [0.15, 0.2) is 41.8 Å². The van der Waals surface area contributed by atoms with Crippen LogP contribution >= 0.6 is 11.3 Å². The highest BCUT2D eigenvalue weighted by Gasteiger charge is 2.31. The Morgan fingerprint density at radius 1 is 1.39 bits per heavy atom. The van der Waals surface area contributed by atoms with E-state index in [-0.39, 0.29) is 5.91 Å². The maximum Gasteiger partial charge on any atom is 0.253 e. The first kappa shape index (κ1) is 16.0. The van der Waals surface area contributed by atoms with Crippen molar-refractivity contribution in [3.05, 3.63) is 52.2 Å². The number of likely N-dealkylation sites (N-methyl/N-ethyl adjacent to an activating group) is 1. The monoisotopic (exact) mass is 331 g/mol. The fourth-order valence-electron chi connectivity index (χ4n) is 2.48. The van der Waals surface area contributed by atoms with Gasteiger partial charge in [-0.25, -0.2) is 0 Å². The van der Waals surface area contributed by atoms with Crippen LogP contribution in [-0.2, 0) is 6.61 Å². The number of hydrogen-bond acceptors (Lipinski definition) is 4. The Labute approximate surface area is 140 Å². The lowest BCUT2D eigenvalue weighted by Gasteiger charge is -2.21. The average Bonchev–Trinajstić information content (AvgIpc) is 3.29. The Kier molecular flexibility index (Phi) is 4.98. The van der Waals surface area contributed by atoms with E-state index in [0.29, 0.717) is 30.4 Å². The number of rotatable bonds is 7. The SMILES string of the molecule is CN(CC(O)C1CC1)C(=O)c1cccc(OCc2cccs2)c1. The predicted molar refractivity (Wildman–Crippen MR) is 90.8 cm³/mol. The second-order valence-electron chi connectivity index (χ2n) is 5.99. The number of thiophene rings is 1. The van der Waals surface area contributed by atoms with Crippen molar-refractivity contribution in [2.24, 2.45) is 5.92 Å². The molecule has 1 aliphatic rings. The number of aliphatic hydroxyl groups excluding tert-OH is 1. The van der Waals surface area contributed by atoms with Crippen molar-refractivity contribution in [1.29, 1.82) is 0 Å². The molecule has 23 heavy (non-hydrogen) atoms. The van der Waals surface area contributed by atoms with Gasteiger partial charge >= 0.3 is 0 Å². The molecule has 1 aromatic carbocycles. The van der Waals surface area contributed by atoms with E-state index in [1.54, 1.807) is 35.4 Å². The lowest BCUT2D eigenvalue weighted by Crippen LogP contribution is -2.35. The van der Waals surface area contributed by atoms with E-state index in [0.717, 1.165) is 17.7 Å². The van der Waals surface area contributed by atoms with Crippen molar-refractivity contribution < 1.29 is 14.6 Å². The van der Waals surface area contributed by atoms with Crippen LogP contribution in [0, 0.1) is 5.92 Å². The van der Waals surface area contributed by atoms with E-state index >= 15 is 0 Å². The maximum absolute atomic E-state index is 12.5. The third kappa shape index (κ3) is 4.33. The molecule has 4 nitrogen and oxygen atoms in total. The van der Waals surface area contributed by atoms with Crippen LogP contribution in [0.1, 0.15) is 28.1 Å². The molecule has 3 rings (SSSR count). The lowest BCUT2D eigenvalue weighted by molar-refractivity contribution is 0.0645. The molecule has 122 valence electrons. The molecule has 0 bridgehead atoms. The van der Waals surface area contributed by atoms with Crippen LogP contribution in [-0.4, -0.2) is 35.6 Å². The summed E-state index contributed by atoms with van der Waals surface area (Å²) in [5.74, 6) is 0.956. The molecule has 5 heteroatoms. The number of hydrogen-bond donors (Lipinski definition) is 1. The Bertz CT molecular complexity index is 652. The van der Waals surface area contributed by atoms with Gasteiger partial charge in [-0.2, -0.15) is 0 Å². The topological polar surface area (TPSA) is 49.8 Å². The smallest absolute Gasteiger partial charge is 0.253 e. The number of amides is 1. The number of benzene rings is 1. The molecule has 0 aliphatic heterocycles. The van der Waals surface area contributed by atoms with Crippen molar-refractivity contribution in [3.63, 3.8) is 0 Å². The molecule has 1 fully saturated rings. The minimum Gasteiger partial charge on any atom is -0.488 e. The molecular formula is C18H21NO3S. The van der Waals surface area contributed by atoms with E-state index in [9.17, 15) is 9.90 Å². The highest BCUT2D eigenvalue weighted by atomic mass is 32.1. The second kappa shape index (κ2) is 7.15. The average molecular weight is 331 g/mol. The molecule has 1 aromatic heterocycles. The van der Waals surface area contributed by atoms with Crippen LogP contribution in [0.5, 0.6) is 5.75 Å². The molecule has 1 N–H and O–H groups in total. The number of ether oxygens (including phenoxy) is 1. The van der Waals surface area contributed by atoms with Gasteiger partial charge in [0.05, 0.1) is 6.10 Å². The molecule has 1 saturated carbocycles. The third-order valence-electron chi connectivity index (χ3n) is 4.02. The summed E-state index contributed by atoms with van der Waals surface area (Å²) < 4.78 is 5.74. The summed E-state index contributed by atoms with van der Waals surface area (Å²) in [4.78, 5) is 15.2. The normalized spacial score (nSPS) is 15.2. The van der Waals surface area contributed by atoms with Crippen LogP contribution < -0.4 is 4.74 Å². The maximum atomic E-state index is 12.5. The van der Waals surface area contributed by atoms with Gasteiger partial charge in [0.2, 0.25) is 0 Å². The Balaban J connectivity index is 1.60. The Morgan fingerprint density at radius 2 is 2.22 bits per heavy atom. The zero-order valence-corrected chi connectivity index (χ0v) is 14.0. The summed E-state index contributed by atoms with van der Waals surface area (Å²) >= 11 is 1.65.